The van der Waals surface area contributed by atoms with E-state index in [1.807, 2.05) is 19.9 Å². The van der Waals surface area contributed by atoms with Gasteiger partial charge in [-0.1, -0.05) is 6.92 Å². The zero-order valence-corrected chi connectivity index (χ0v) is 12.2. The molecule has 1 aromatic rings. The Morgan fingerprint density at radius 3 is 2.50 bits per heavy atom. The van der Waals surface area contributed by atoms with Crippen LogP contribution in [0.4, 0.5) is 0 Å². The first-order chi connectivity index (χ1) is 8.24. The number of aromatic nitrogens is 2. The fraction of sp³-hybridized carbons (Fsp3) is 0.667. The van der Waals surface area contributed by atoms with Gasteiger partial charge in [0.15, 0.2) is 9.84 Å². The Balaban J connectivity index is 3.08. The average Bonchev–Trinajstić information content (AvgIpc) is 2.25. The molecule has 0 spiro atoms. The molecule has 0 fully saturated rings. The highest BCUT2D eigenvalue weighted by Gasteiger charge is 2.21. The Labute approximate surface area is 109 Å². The lowest BCUT2D eigenvalue weighted by atomic mass is 10.1. The fourth-order valence-electron chi connectivity index (χ4n) is 1.55. The second kappa shape index (κ2) is 5.75. The maximum absolute atomic E-state index is 11.5. The van der Waals surface area contributed by atoms with Crippen LogP contribution >= 0.6 is 0 Å². The van der Waals surface area contributed by atoms with Gasteiger partial charge in [-0.3, -0.25) is 0 Å². The van der Waals surface area contributed by atoms with Crippen LogP contribution in [0.3, 0.4) is 0 Å². The lowest BCUT2D eigenvalue weighted by Crippen LogP contribution is -2.23. The van der Waals surface area contributed by atoms with Crippen LogP contribution in [0.15, 0.2) is 6.07 Å². The van der Waals surface area contributed by atoms with Crippen molar-refractivity contribution in [1.29, 1.82) is 0 Å². The summed E-state index contributed by atoms with van der Waals surface area (Å²) in [5.41, 5.74) is 7.47. The van der Waals surface area contributed by atoms with Gasteiger partial charge in [0.2, 0.25) is 0 Å². The summed E-state index contributed by atoms with van der Waals surface area (Å²) in [6.45, 7) is 5.45. The Kier molecular flexibility index (Phi) is 4.81. The summed E-state index contributed by atoms with van der Waals surface area (Å²) in [7, 11) is -3.18. The molecule has 6 heteroatoms. The van der Waals surface area contributed by atoms with Gasteiger partial charge in [-0.05, 0) is 26.3 Å². The van der Waals surface area contributed by atoms with Crippen LogP contribution in [0.1, 0.15) is 42.7 Å². The zero-order valence-electron chi connectivity index (χ0n) is 11.3. The zero-order chi connectivity index (χ0) is 13.9. The molecule has 102 valence electrons. The van der Waals surface area contributed by atoms with Crippen molar-refractivity contribution in [2.45, 2.75) is 44.9 Å². The Morgan fingerprint density at radius 1 is 1.39 bits per heavy atom. The molecular formula is C12H21N3O2S. The molecule has 5 nitrogen and oxygen atoms in total. The predicted molar refractivity (Wildman–Crippen MR) is 72.0 cm³/mol. The third-order valence-corrected chi connectivity index (χ3v) is 4.42. The van der Waals surface area contributed by atoms with Gasteiger partial charge in [0.05, 0.1) is 0 Å². The summed E-state index contributed by atoms with van der Waals surface area (Å²) in [5, 5.41) is -0.686. The number of hydrogen-bond donors (Lipinski definition) is 1. The third kappa shape index (κ3) is 4.03. The molecule has 2 N–H and O–H groups in total. The van der Waals surface area contributed by atoms with Crippen molar-refractivity contribution in [2.24, 2.45) is 5.73 Å². The molecule has 0 aliphatic heterocycles. The molecule has 1 rings (SSSR count). The molecular weight excluding hydrogens is 250 g/mol. The maximum Gasteiger partial charge on any atom is 0.157 e. The van der Waals surface area contributed by atoms with Crippen LogP contribution in [0.2, 0.25) is 0 Å². The van der Waals surface area contributed by atoms with E-state index >= 15 is 0 Å². The van der Waals surface area contributed by atoms with E-state index in [1.54, 1.807) is 6.92 Å². The van der Waals surface area contributed by atoms with E-state index in [0.717, 1.165) is 17.8 Å². The highest BCUT2D eigenvalue weighted by Crippen LogP contribution is 2.18. The van der Waals surface area contributed by atoms with Crippen LogP contribution in [0.25, 0.3) is 0 Å². The standard InChI is InChI=1S/C12H21N3O2S/c1-5-10(13)7-11-6-8(2)14-12(15-11)9(3)18(4,16)17/h6,9-10H,5,7,13H2,1-4H3. The minimum atomic E-state index is -3.18. The van der Waals surface area contributed by atoms with E-state index in [4.69, 9.17) is 5.73 Å². The van der Waals surface area contributed by atoms with Gasteiger partial charge < -0.3 is 5.73 Å². The molecule has 0 aliphatic rings. The lowest BCUT2D eigenvalue weighted by molar-refractivity contribution is 0.587. The highest BCUT2D eigenvalue weighted by atomic mass is 32.2. The molecule has 1 heterocycles. The molecule has 0 amide bonds. The fourth-order valence-corrected chi connectivity index (χ4v) is 2.04. The molecule has 1 aromatic heterocycles. The third-order valence-electron chi connectivity index (χ3n) is 2.93. The van der Waals surface area contributed by atoms with Crippen LogP contribution in [0.5, 0.6) is 0 Å². The van der Waals surface area contributed by atoms with E-state index in [1.165, 1.54) is 6.26 Å². The number of aryl methyl sites for hydroxylation is 1. The molecule has 0 bridgehead atoms. The van der Waals surface area contributed by atoms with Gasteiger partial charge in [-0.15, -0.1) is 0 Å². The van der Waals surface area contributed by atoms with Crippen molar-refractivity contribution in [3.63, 3.8) is 0 Å². The molecule has 18 heavy (non-hydrogen) atoms. The molecule has 0 radical (unpaired) electrons. The van der Waals surface area contributed by atoms with Crippen LogP contribution in [-0.4, -0.2) is 30.7 Å². The summed E-state index contributed by atoms with van der Waals surface area (Å²) in [5.74, 6) is 0.357. The molecule has 0 saturated carbocycles. The molecule has 2 unspecified atom stereocenters. The first-order valence-corrected chi connectivity index (χ1v) is 7.98. The molecule has 0 saturated heterocycles. The number of nitrogens with zero attached hydrogens (tertiary/aromatic N) is 2. The van der Waals surface area contributed by atoms with Crippen molar-refractivity contribution < 1.29 is 8.42 Å². The second-order valence-corrected chi connectivity index (χ2v) is 7.07. The first-order valence-electron chi connectivity index (χ1n) is 6.03. The number of sulfone groups is 1. The Bertz CT molecular complexity index is 514. The quantitative estimate of drug-likeness (QED) is 0.868. The minimum absolute atomic E-state index is 0.0423. The largest absolute Gasteiger partial charge is 0.327 e. The van der Waals surface area contributed by atoms with E-state index in [-0.39, 0.29) is 6.04 Å². The van der Waals surface area contributed by atoms with Crippen LogP contribution in [-0.2, 0) is 16.3 Å². The smallest absolute Gasteiger partial charge is 0.157 e. The summed E-state index contributed by atoms with van der Waals surface area (Å²) >= 11 is 0. The van der Waals surface area contributed by atoms with Gasteiger partial charge in [-0.25, -0.2) is 18.4 Å². The number of hydrogen-bond acceptors (Lipinski definition) is 5. The van der Waals surface area contributed by atoms with E-state index in [9.17, 15) is 8.42 Å². The molecule has 0 aliphatic carbocycles. The normalized spacial score (nSPS) is 15.4. The number of nitrogens with two attached hydrogens (primary N) is 1. The van der Waals surface area contributed by atoms with Crippen molar-refractivity contribution >= 4 is 9.84 Å². The van der Waals surface area contributed by atoms with Crippen LogP contribution in [0, 0.1) is 6.92 Å². The molecule has 0 aromatic carbocycles. The average molecular weight is 271 g/mol. The van der Waals surface area contributed by atoms with Gasteiger partial charge in [0.25, 0.3) is 0 Å². The second-order valence-electron chi connectivity index (χ2n) is 4.70. The maximum atomic E-state index is 11.5. The predicted octanol–water partition coefficient (Wildman–Crippen LogP) is 1.17. The summed E-state index contributed by atoms with van der Waals surface area (Å²) in [4.78, 5) is 8.52. The summed E-state index contributed by atoms with van der Waals surface area (Å²) < 4.78 is 23.1. The van der Waals surface area contributed by atoms with E-state index in [0.29, 0.717) is 12.2 Å². The topological polar surface area (TPSA) is 85.9 Å². The van der Waals surface area contributed by atoms with Crippen LogP contribution < -0.4 is 5.73 Å². The summed E-state index contributed by atoms with van der Waals surface area (Å²) in [6.07, 6.45) is 2.70. The van der Waals surface area contributed by atoms with E-state index in [2.05, 4.69) is 9.97 Å². The van der Waals surface area contributed by atoms with Gasteiger partial charge >= 0.3 is 0 Å². The Hall–Kier alpha value is -1.01. The molecule has 2 atom stereocenters. The number of rotatable bonds is 5. The first kappa shape index (κ1) is 15.0. The lowest BCUT2D eigenvalue weighted by Gasteiger charge is -2.13. The van der Waals surface area contributed by atoms with E-state index < -0.39 is 15.1 Å². The Morgan fingerprint density at radius 2 is 2.00 bits per heavy atom. The van der Waals surface area contributed by atoms with Gasteiger partial charge in [0, 0.05) is 30.1 Å². The van der Waals surface area contributed by atoms with Crippen molar-refractivity contribution in [1.82, 2.24) is 9.97 Å². The monoisotopic (exact) mass is 271 g/mol. The van der Waals surface area contributed by atoms with Gasteiger partial charge in [-0.2, -0.15) is 0 Å². The highest BCUT2D eigenvalue weighted by molar-refractivity contribution is 7.90. The van der Waals surface area contributed by atoms with Gasteiger partial charge in [0.1, 0.15) is 11.1 Å². The minimum Gasteiger partial charge on any atom is -0.327 e. The van der Waals surface area contributed by atoms with Crippen molar-refractivity contribution in [3.05, 3.63) is 23.3 Å². The van der Waals surface area contributed by atoms with Crippen molar-refractivity contribution in [2.75, 3.05) is 6.26 Å². The van der Waals surface area contributed by atoms with Crippen molar-refractivity contribution in [3.8, 4) is 0 Å². The SMILES string of the molecule is CCC(N)Cc1cc(C)nc(C(C)S(C)(=O)=O)n1. The summed E-state index contributed by atoms with van der Waals surface area (Å²) in [6, 6.07) is 1.90.